The summed E-state index contributed by atoms with van der Waals surface area (Å²) in [6, 6.07) is 10.5. The molecule has 3 aromatic rings. The molecule has 0 aliphatic heterocycles. The Balaban J connectivity index is 1.78. The summed E-state index contributed by atoms with van der Waals surface area (Å²) in [7, 11) is -2.18. The molecule has 10 heteroatoms. The van der Waals surface area contributed by atoms with Gasteiger partial charge in [-0.25, -0.2) is 9.37 Å². The molecule has 0 radical (unpaired) electrons. The van der Waals surface area contributed by atoms with Crippen LogP contribution in [0.4, 0.5) is 15.9 Å². The van der Waals surface area contributed by atoms with Crippen molar-refractivity contribution in [3.63, 3.8) is 0 Å². The molecule has 0 saturated carbocycles. The molecule has 0 aliphatic carbocycles. The maximum Gasteiger partial charge on any atom is 0.283 e. The summed E-state index contributed by atoms with van der Waals surface area (Å²) in [6.07, 6.45) is 1.21. The van der Waals surface area contributed by atoms with Crippen LogP contribution in [0.15, 0.2) is 52.2 Å². The summed E-state index contributed by atoms with van der Waals surface area (Å²) < 4.78 is 46.4. The van der Waals surface area contributed by atoms with E-state index >= 15 is 0 Å². The van der Waals surface area contributed by atoms with Gasteiger partial charge in [0.05, 0.1) is 11.4 Å². The average molecular weight is 462 g/mol. The molecule has 0 unspecified atom stereocenters. The van der Waals surface area contributed by atoms with E-state index in [9.17, 15) is 12.8 Å². The zero-order valence-electron chi connectivity index (χ0n) is 18.8. The molecule has 0 amide bonds. The van der Waals surface area contributed by atoms with Crippen LogP contribution in [0.3, 0.4) is 0 Å². The standard InChI is InChI=1S/C22H28FN5O3S/c1-15-19(12-18(23)21(25-15)32(29,30)27-20-10-11-31-26-20)24-13-16-8-6-7-9-17(16)14-28(5)22(2,3)4/h6-12,24H,13-14H2,1-5H3,(H,26,27). The van der Waals surface area contributed by atoms with E-state index in [-0.39, 0.29) is 11.4 Å². The van der Waals surface area contributed by atoms with Gasteiger partial charge in [0, 0.05) is 30.8 Å². The molecule has 0 spiro atoms. The van der Waals surface area contributed by atoms with Crippen molar-refractivity contribution in [2.75, 3.05) is 17.1 Å². The lowest BCUT2D eigenvalue weighted by Gasteiger charge is -2.32. The maximum absolute atomic E-state index is 14.7. The molecule has 8 nitrogen and oxygen atoms in total. The highest BCUT2D eigenvalue weighted by molar-refractivity contribution is 7.92. The number of nitrogens with one attached hydrogen (secondary N) is 2. The van der Waals surface area contributed by atoms with Gasteiger partial charge in [0.15, 0.2) is 11.6 Å². The van der Waals surface area contributed by atoms with Crippen molar-refractivity contribution in [2.24, 2.45) is 0 Å². The molecule has 32 heavy (non-hydrogen) atoms. The van der Waals surface area contributed by atoms with E-state index in [1.807, 2.05) is 18.2 Å². The van der Waals surface area contributed by atoms with Gasteiger partial charge in [-0.15, -0.1) is 0 Å². The number of sulfonamides is 1. The number of rotatable bonds is 8. The van der Waals surface area contributed by atoms with Gasteiger partial charge in [0.2, 0.25) is 5.03 Å². The van der Waals surface area contributed by atoms with Gasteiger partial charge in [-0.2, -0.15) is 8.42 Å². The highest BCUT2D eigenvalue weighted by atomic mass is 32.2. The third-order valence-electron chi connectivity index (χ3n) is 5.21. The molecule has 2 aromatic heterocycles. The zero-order chi connectivity index (χ0) is 23.5. The van der Waals surface area contributed by atoms with Crippen LogP contribution < -0.4 is 10.0 Å². The van der Waals surface area contributed by atoms with E-state index in [1.54, 1.807) is 6.92 Å². The second-order valence-electron chi connectivity index (χ2n) is 8.55. The third-order valence-corrected chi connectivity index (χ3v) is 6.48. The monoisotopic (exact) mass is 461 g/mol. The van der Waals surface area contributed by atoms with Gasteiger partial charge < -0.3 is 9.84 Å². The molecule has 1 aromatic carbocycles. The summed E-state index contributed by atoms with van der Waals surface area (Å²) >= 11 is 0. The molecule has 3 rings (SSSR count). The summed E-state index contributed by atoms with van der Waals surface area (Å²) in [5.41, 5.74) is 3.01. The first kappa shape index (κ1) is 23.7. The van der Waals surface area contributed by atoms with Crippen LogP contribution in [0.2, 0.25) is 0 Å². The number of halogens is 1. The predicted molar refractivity (Wildman–Crippen MR) is 121 cm³/mol. The molecular weight excluding hydrogens is 433 g/mol. The van der Waals surface area contributed by atoms with Gasteiger partial charge in [0.25, 0.3) is 10.0 Å². The Kier molecular flexibility index (Phi) is 6.85. The highest BCUT2D eigenvalue weighted by Crippen LogP contribution is 2.23. The molecular formula is C22H28FN5O3S. The smallest absolute Gasteiger partial charge is 0.283 e. The number of hydrogen-bond donors (Lipinski definition) is 2. The van der Waals surface area contributed by atoms with Gasteiger partial charge in [-0.05, 0) is 45.9 Å². The lowest BCUT2D eigenvalue weighted by Crippen LogP contribution is -2.37. The van der Waals surface area contributed by atoms with Crippen LogP contribution in [-0.4, -0.2) is 36.0 Å². The molecule has 0 bridgehead atoms. The largest absolute Gasteiger partial charge is 0.379 e. The van der Waals surface area contributed by atoms with Gasteiger partial charge >= 0.3 is 0 Å². The molecule has 0 aliphatic rings. The van der Waals surface area contributed by atoms with E-state index < -0.39 is 20.9 Å². The van der Waals surface area contributed by atoms with Gasteiger partial charge in [-0.3, -0.25) is 9.62 Å². The average Bonchev–Trinajstić information content (AvgIpc) is 3.20. The van der Waals surface area contributed by atoms with E-state index in [4.69, 9.17) is 0 Å². The minimum Gasteiger partial charge on any atom is -0.379 e. The fourth-order valence-electron chi connectivity index (χ4n) is 2.94. The SMILES string of the molecule is Cc1nc(S(=O)(=O)Nc2ccon2)c(F)cc1NCc1ccccc1CN(C)C(C)(C)C. The molecule has 2 heterocycles. The quantitative estimate of drug-likeness (QED) is 0.519. The van der Waals surface area contributed by atoms with Crippen molar-refractivity contribution in [1.29, 1.82) is 0 Å². The van der Waals surface area contributed by atoms with E-state index in [2.05, 4.69) is 63.5 Å². The Morgan fingerprint density at radius 2 is 1.84 bits per heavy atom. The normalized spacial score (nSPS) is 12.2. The van der Waals surface area contributed by atoms with Crippen molar-refractivity contribution in [1.82, 2.24) is 15.0 Å². The lowest BCUT2D eigenvalue weighted by molar-refractivity contribution is 0.167. The molecule has 0 fully saturated rings. The molecule has 172 valence electrons. The Morgan fingerprint density at radius 1 is 1.16 bits per heavy atom. The first-order valence-electron chi connectivity index (χ1n) is 10.1. The summed E-state index contributed by atoms with van der Waals surface area (Å²) in [6.45, 7) is 9.28. The minimum absolute atomic E-state index is 0.0194. The maximum atomic E-state index is 14.7. The van der Waals surface area contributed by atoms with Crippen molar-refractivity contribution in [3.8, 4) is 0 Å². The molecule has 2 N–H and O–H groups in total. The van der Waals surface area contributed by atoms with E-state index in [1.165, 1.54) is 12.3 Å². The lowest BCUT2D eigenvalue weighted by atomic mass is 10.0. The fourth-order valence-corrected chi connectivity index (χ4v) is 3.99. The van der Waals surface area contributed by atoms with Crippen LogP contribution in [0.5, 0.6) is 0 Å². The Labute approximate surface area is 187 Å². The minimum atomic E-state index is -4.25. The second-order valence-corrected chi connectivity index (χ2v) is 10.1. The van der Waals surface area contributed by atoms with E-state index in [0.29, 0.717) is 17.9 Å². The number of aromatic nitrogens is 2. The Hall–Kier alpha value is -2.98. The van der Waals surface area contributed by atoms with Gasteiger partial charge in [0.1, 0.15) is 6.26 Å². The van der Waals surface area contributed by atoms with E-state index in [0.717, 1.165) is 23.7 Å². The van der Waals surface area contributed by atoms with Crippen LogP contribution in [-0.2, 0) is 23.1 Å². The number of pyridine rings is 1. The second kappa shape index (κ2) is 9.25. The number of benzene rings is 1. The van der Waals surface area contributed by atoms with Crippen LogP contribution >= 0.6 is 0 Å². The number of hydrogen-bond acceptors (Lipinski definition) is 7. The predicted octanol–water partition coefficient (Wildman–Crippen LogP) is 4.16. The first-order valence-corrected chi connectivity index (χ1v) is 11.6. The number of nitrogens with zero attached hydrogens (tertiary/aromatic N) is 3. The summed E-state index contributed by atoms with van der Waals surface area (Å²) in [5, 5.41) is 5.96. The number of anilines is 2. The third kappa shape index (κ3) is 5.63. The van der Waals surface area contributed by atoms with Crippen LogP contribution in [0, 0.1) is 12.7 Å². The van der Waals surface area contributed by atoms with Crippen LogP contribution in [0.1, 0.15) is 37.6 Å². The van der Waals surface area contributed by atoms with Gasteiger partial charge in [-0.1, -0.05) is 29.4 Å². The zero-order valence-corrected chi connectivity index (χ0v) is 19.6. The molecule has 0 saturated heterocycles. The van der Waals surface area contributed by atoms with Crippen molar-refractivity contribution < 1.29 is 17.3 Å². The highest BCUT2D eigenvalue weighted by Gasteiger charge is 2.24. The molecule has 0 atom stereocenters. The summed E-state index contributed by atoms with van der Waals surface area (Å²) in [4.78, 5) is 6.24. The van der Waals surface area contributed by atoms with Crippen molar-refractivity contribution in [2.45, 2.75) is 51.3 Å². The first-order chi connectivity index (χ1) is 15.0. The van der Waals surface area contributed by atoms with Crippen molar-refractivity contribution >= 4 is 21.5 Å². The van der Waals surface area contributed by atoms with Crippen molar-refractivity contribution in [3.05, 3.63) is 65.3 Å². The number of aryl methyl sites for hydroxylation is 1. The fraction of sp³-hybridized carbons (Fsp3) is 0.364. The Bertz CT molecular complexity index is 1170. The summed E-state index contributed by atoms with van der Waals surface area (Å²) in [5.74, 6) is -1.02. The van der Waals surface area contributed by atoms with Crippen LogP contribution in [0.25, 0.3) is 0 Å². The Morgan fingerprint density at radius 3 is 2.47 bits per heavy atom. The topological polar surface area (TPSA) is 100 Å².